The fourth-order valence-electron chi connectivity index (χ4n) is 5.24. The molecule has 5 rings (SSSR count). The van der Waals surface area contributed by atoms with E-state index >= 15 is 0 Å². The second-order valence-corrected chi connectivity index (χ2v) is 10.3. The average Bonchev–Trinajstić information content (AvgIpc) is 3.44. The number of tetrazole rings is 1. The van der Waals surface area contributed by atoms with Crippen LogP contribution in [0.4, 0.5) is 0 Å². The topological polar surface area (TPSA) is 88.9 Å². The van der Waals surface area contributed by atoms with Gasteiger partial charge >= 0.3 is 0 Å². The lowest BCUT2D eigenvalue weighted by atomic mass is 10.0. The number of pyridine rings is 1. The van der Waals surface area contributed by atoms with Crippen LogP contribution in [-0.2, 0) is 26.1 Å². The molecular formula is C32H36N6O2. The molecule has 8 nitrogen and oxygen atoms in total. The monoisotopic (exact) mass is 536 g/mol. The van der Waals surface area contributed by atoms with Crippen molar-refractivity contribution in [2.24, 2.45) is 0 Å². The Morgan fingerprint density at radius 1 is 0.975 bits per heavy atom. The van der Waals surface area contributed by atoms with Gasteiger partial charge in [0.25, 0.3) is 5.56 Å². The van der Waals surface area contributed by atoms with E-state index in [4.69, 9.17) is 4.74 Å². The highest BCUT2D eigenvalue weighted by atomic mass is 16.5. The third kappa shape index (κ3) is 5.97. The van der Waals surface area contributed by atoms with Crippen LogP contribution in [0, 0.1) is 13.8 Å². The number of aromatic nitrogens is 5. The first-order valence-corrected chi connectivity index (χ1v) is 13.8. The lowest BCUT2D eigenvalue weighted by Gasteiger charge is -2.30. The predicted molar refractivity (Wildman–Crippen MR) is 157 cm³/mol. The van der Waals surface area contributed by atoms with Crippen LogP contribution in [0.5, 0.6) is 5.75 Å². The molecular weight excluding hydrogens is 500 g/mol. The summed E-state index contributed by atoms with van der Waals surface area (Å²) in [6, 6.07) is 24.5. The van der Waals surface area contributed by atoms with Gasteiger partial charge in [-0.05, 0) is 83.0 Å². The number of methoxy groups -OCH3 is 1. The third-order valence-corrected chi connectivity index (χ3v) is 7.69. The summed E-state index contributed by atoms with van der Waals surface area (Å²) in [7, 11) is 1.67. The Morgan fingerprint density at radius 2 is 1.75 bits per heavy atom. The van der Waals surface area contributed by atoms with Gasteiger partial charge in [0.1, 0.15) is 5.75 Å². The average molecular weight is 537 g/mol. The summed E-state index contributed by atoms with van der Waals surface area (Å²) in [6.45, 7) is 8.00. The molecule has 2 aromatic heterocycles. The maximum atomic E-state index is 13.3. The summed E-state index contributed by atoms with van der Waals surface area (Å²) in [5, 5.41) is 13.9. The number of aryl methyl sites for hydroxylation is 4. The third-order valence-electron chi connectivity index (χ3n) is 7.69. The summed E-state index contributed by atoms with van der Waals surface area (Å²) in [5.74, 6) is 1.61. The molecule has 206 valence electrons. The second-order valence-electron chi connectivity index (χ2n) is 10.3. The zero-order valence-corrected chi connectivity index (χ0v) is 23.6. The second kappa shape index (κ2) is 12.3. The van der Waals surface area contributed by atoms with Crippen molar-refractivity contribution in [1.82, 2.24) is 30.1 Å². The number of benzene rings is 3. The molecule has 1 N–H and O–H groups in total. The Labute approximate surface area is 234 Å². The van der Waals surface area contributed by atoms with E-state index in [0.717, 1.165) is 52.0 Å². The van der Waals surface area contributed by atoms with Gasteiger partial charge in [-0.1, -0.05) is 61.5 Å². The van der Waals surface area contributed by atoms with E-state index in [0.29, 0.717) is 25.2 Å². The Bertz CT molecular complexity index is 1630. The molecule has 0 aliphatic carbocycles. The number of ether oxygens (including phenoxy) is 1. The van der Waals surface area contributed by atoms with Crippen molar-refractivity contribution in [2.75, 3.05) is 7.11 Å². The molecule has 2 heterocycles. The predicted octanol–water partition coefficient (Wildman–Crippen LogP) is 5.54. The minimum Gasteiger partial charge on any atom is -0.497 e. The van der Waals surface area contributed by atoms with Crippen LogP contribution in [-0.4, -0.2) is 37.2 Å². The van der Waals surface area contributed by atoms with Gasteiger partial charge in [0.15, 0.2) is 5.82 Å². The van der Waals surface area contributed by atoms with Gasteiger partial charge in [0.2, 0.25) is 0 Å². The van der Waals surface area contributed by atoms with Crippen molar-refractivity contribution in [3.8, 4) is 5.75 Å². The van der Waals surface area contributed by atoms with Gasteiger partial charge in [-0.25, -0.2) is 4.68 Å². The van der Waals surface area contributed by atoms with E-state index in [1.54, 1.807) is 7.11 Å². The van der Waals surface area contributed by atoms with Crippen LogP contribution >= 0.6 is 0 Å². The highest BCUT2D eigenvalue weighted by molar-refractivity contribution is 5.83. The fraction of sp³-hybridized carbons (Fsp3) is 0.312. The van der Waals surface area contributed by atoms with Gasteiger partial charge < -0.3 is 9.72 Å². The van der Waals surface area contributed by atoms with Gasteiger partial charge in [-0.3, -0.25) is 9.69 Å². The molecule has 0 saturated carbocycles. The lowest BCUT2D eigenvalue weighted by Crippen LogP contribution is -2.32. The zero-order valence-electron chi connectivity index (χ0n) is 23.6. The van der Waals surface area contributed by atoms with Crippen molar-refractivity contribution in [1.29, 1.82) is 0 Å². The number of fused-ring (bicyclic) bond motifs is 1. The van der Waals surface area contributed by atoms with Gasteiger partial charge in [-0.15, -0.1) is 5.10 Å². The molecule has 0 fully saturated rings. The van der Waals surface area contributed by atoms with Crippen LogP contribution in [0.25, 0.3) is 10.9 Å². The maximum absolute atomic E-state index is 13.3. The molecule has 0 aliphatic rings. The Hall–Kier alpha value is -4.30. The number of rotatable bonds is 11. The number of nitrogens with zero attached hydrogens (tertiary/aromatic N) is 5. The standard InChI is InChI=1S/C32H36N6O2/c1-5-29(31-34-35-36-38(31)18-17-24-9-7-6-8-10-24)37(20-25-12-15-28(40-4)16-13-25)21-27-19-26-14-11-22(2)23(3)30(26)33-32(27)39/h6-16,19,29H,5,17-18,20-21H2,1-4H3,(H,33,39)/t29-/m0/s1. The van der Waals surface area contributed by atoms with Crippen molar-refractivity contribution >= 4 is 10.9 Å². The Morgan fingerprint density at radius 3 is 2.48 bits per heavy atom. The van der Waals surface area contributed by atoms with E-state index in [1.165, 1.54) is 5.56 Å². The first-order chi connectivity index (χ1) is 19.5. The van der Waals surface area contributed by atoms with E-state index < -0.39 is 0 Å². The van der Waals surface area contributed by atoms with Crippen molar-refractivity contribution in [3.63, 3.8) is 0 Å². The normalized spacial score (nSPS) is 12.2. The molecule has 8 heteroatoms. The largest absolute Gasteiger partial charge is 0.497 e. The van der Waals surface area contributed by atoms with E-state index in [2.05, 4.69) is 75.7 Å². The number of hydrogen-bond donors (Lipinski definition) is 1. The smallest absolute Gasteiger partial charge is 0.252 e. The number of aromatic amines is 1. The zero-order chi connectivity index (χ0) is 28.1. The molecule has 0 aliphatic heterocycles. The molecule has 5 aromatic rings. The van der Waals surface area contributed by atoms with Crippen LogP contribution in [0.3, 0.4) is 0 Å². The molecule has 3 aromatic carbocycles. The number of nitrogens with one attached hydrogen (secondary N) is 1. The van der Waals surface area contributed by atoms with Crippen molar-refractivity contribution < 1.29 is 4.74 Å². The van der Waals surface area contributed by atoms with Gasteiger partial charge in [0.05, 0.1) is 18.7 Å². The van der Waals surface area contributed by atoms with E-state index in [-0.39, 0.29) is 11.6 Å². The first-order valence-electron chi connectivity index (χ1n) is 13.8. The minimum absolute atomic E-state index is 0.0700. The molecule has 0 unspecified atom stereocenters. The van der Waals surface area contributed by atoms with E-state index in [1.807, 2.05) is 48.0 Å². The molecule has 0 radical (unpaired) electrons. The molecule has 0 saturated heterocycles. The molecule has 0 bridgehead atoms. The maximum Gasteiger partial charge on any atom is 0.252 e. The van der Waals surface area contributed by atoms with Crippen LogP contribution < -0.4 is 10.3 Å². The molecule has 40 heavy (non-hydrogen) atoms. The molecule has 0 spiro atoms. The number of hydrogen-bond acceptors (Lipinski definition) is 6. The number of H-pyrrole nitrogens is 1. The highest BCUT2D eigenvalue weighted by Crippen LogP contribution is 2.28. The highest BCUT2D eigenvalue weighted by Gasteiger charge is 2.26. The summed E-state index contributed by atoms with van der Waals surface area (Å²) < 4.78 is 7.26. The van der Waals surface area contributed by atoms with Crippen LogP contribution in [0.2, 0.25) is 0 Å². The quantitative estimate of drug-likeness (QED) is 0.239. The molecule has 1 atom stereocenters. The van der Waals surface area contributed by atoms with Gasteiger partial charge in [0, 0.05) is 25.2 Å². The van der Waals surface area contributed by atoms with Crippen LogP contribution in [0.1, 0.15) is 53.0 Å². The van der Waals surface area contributed by atoms with E-state index in [9.17, 15) is 4.79 Å². The van der Waals surface area contributed by atoms with Gasteiger partial charge in [-0.2, -0.15) is 0 Å². The molecule has 0 amide bonds. The lowest BCUT2D eigenvalue weighted by molar-refractivity contribution is 0.160. The summed E-state index contributed by atoms with van der Waals surface area (Å²) >= 11 is 0. The van der Waals surface area contributed by atoms with Crippen molar-refractivity contribution in [2.45, 2.75) is 59.3 Å². The summed E-state index contributed by atoms with van der Waals surface area (Å²) in [4.78, 5) is 18.8. The Balaban J connectivity index is 1.49. The minimum atomic E-state index is -0.0947. The summed E-state index contributed by atoms with van der Waals surface area (Å²) in [6.07, 6.45) is 1.61. The fourth-order valence-corrected chi connectivity index (χ4v) is 5.24. The Kier molecular flexibility index (Phi) is 8.36. The first kappa shape index (κ1) is 27.3. The SMILES string of the molecule is CC[C@@H](c1nnnn1CCc1ccccc1)N(Cc1ccc(OC)cc1)Cc1cc2ccc(C)c(C)c2[nH]c1=O. The van der Waals surface area contributed by atoms with Crippen molar-refractivity contribution in [3.05, 3.63) is 117 Å². The van der Waals surface area contributed by atoms with Crippen LogP contribution in [0.15, 0.2) is 77.6 Å². The summed E-state index contributed by atoms with van der Waals surface area (Å²) in [5.41, 5.74) is 6.15.